The molecule has 5 rings (SSSR count). The van der Waals surface area contributed by atoms with Crippen LogP contribution in [-0.2, 0) is 23.1 Å². The first kappa shape index (κ1) is 28.0. The molecule has 0 bridgehead atoms. The number of aromatic nitrogens is 3. The zero-order valence-corrected chi connectivity index (χ0v) is 23.1. The van der Waals surface area contributed by atoms with Crippen LogP contribution in [0.1, 0.15) is 20.8 Å². The number of carbonyl (C=O) groups is 1. The predicted octanol–water partition coefficient (Wildman–Crippen LogP) is 4.06. The maximum Gasteiger partial charge on any atom is 0.255 e. The Morgan fingerprint density at radius 2 is 1.80 bits per heavy atom. The average Bonchev–Trinajstić information content (AvgIpc) is 3.45. The zero-order chi connectivity index (χ0) is 29.1. The van der Waals surface area contributed by atoms with E-state index in [9.17, 15) is 22.0 Å². The molecule has 5 N–H and O–H groups in total. The van der Waals surface area contributed by atoms with Gasteiger partial charge in [0.25, 0.3) is 5.91 Å². The third kappa shape index (κ3) is 6.14. The van der Waals surface area contributed by atoms with E-state index in [2.05, 4.69) is 30.3 Å². The summed E-state index contributed by atoms with van der Waals surface area (Å²) in [7, 11) is -2.64. The van der Waals surface area contributed by atoms with Gasteiger partial charge in [-0.2, -0.15) is 0 Å². The van der Waals surface area contributed by atoms with Crippen LogP contribution in [0.5, 0.6) is 0 Å². The second-order valence-electron chi connectivity index (χ2n) is 8.82. The third-order valence-electron chi connectivity index (χ3n) is 6.17. The van der Waals surface area contributed by atoms with Crippen LogP contribution in [-0.4, -0.2) is 36.3 Å². The van der Waals surface area contributed by atoms with Gasteiger partial charge in [-0.3, -0.25) is 4.79 Å². The molecule has 3 heterocycles. The van der Waals surface area contributed by atoms with E-state index in [1.165, 1.54) is 36.8 Å². The molecule has 0 aliphatic heterocycles. The van der Waals surface area contributed by atoms with Crippen LogP contribution in [0.4, 0.5) is 20.4 Å². The molecule has 0 saturated heterocycles. The molecule has 1 amide bonds. The van der Waals surface area contributed by atoms with Gasteiger partial charge in [0.15, 0.2) is 11.6 Å². The highest BCUT2D eigenvalue weighted by molar-refractivity contribution is 7.89. The largest absolute Gasteiger partial charge is 0.383 e. The van der Waals surface area contributed by atoms with Crippen LogP contribution < -0.4 is 21.1 Å². The number of nitrogens with two attached hydrogens (primary N) is 1. The Labute approximate surface area is 237 Å². The molecular weight excluding hydrogens is 572 g/mol. The highest BCUT2D eigenvalue weighted by atomic mass is 32.2. The molecule has 3 aromatic heterocycles. The lowest BCUT2D eigenvalue weighted by Crippen LogP contribution is -2.26. The number of hydrogen-bond acceptors (Lipinski definition) is 9. The number of thiophene rings is 1. The van der Waals surface area contributed by atoms with Crippen LogP contribution in [0, 0.1) is 11.6 Å². The third-order valence-corrected chi connectivity index (χ3v) is 8.68. The minimum absolute atomic E-state index is 0.0364. The fourth-order valence-corrected chi connectivity index (χ4v) is 5.62. The van der Waals surface area contributed by atoms with Gasteiger partial charge in [0.1, 0.15) is 22.9 Å². The smallest absolute Gasteiger partial charge is 0.255 e. The number of nitrogen functional groups attached to an aromatic ring is 1. The highest BCUT2D eigenvalue weighted by Crippen LogP contribution is 2.31. The molecule has 14 heteroatoms. The van der Waals surface area contributed by atoms with Crippen molar-refractivity contribution in [2.75, 3.05) is 18.1 Å². The molecule has 10 nitrogen and oxygen atoms in total. The fourth-order valence-electron chi connectivity index (χ4n) is 3.98. The first-order valence-electron chi connectivity index (χ1n) is 12.1. The summed E-state index contributed by atoms with van der Waals surface area (Å²) in [5, 5.41) is 6.45. The summed E-state index contributed by atoms with van der Waals surface area (Å²) in [5.41, 5.74) is 7.97. The van der Waals surface area contributed by atoms with Crippen molar-refractivity contribution in [1.29, 1.82) is 0 Å². The maximum absolute atomic E-state index is 13.6. The molecule has 0 spiro atoms. The van der Waals surface area contributed by atoms with Crippen molar-refractivity contribution in [3.63, 3.8) is 0 Å². The molecule has 0 saturated carbocycles. The number of fused-ring (bicyclic) bond motifs is 1. The van der Waals surface area contributed by atoms with E-state index in [4.69, 9.17) is 5.73 Å². The molecule has 210 valence electrons. The number of nitrogens with one attached hydrogen (secondary N) is 3. The Balaban J connectivity index is 1.36. The maximum atomic E-state index is 13.6. The second kappa shape index (κ2) is 11.5. The monoisotopic (exact) mass is 595 g/mol. The molecular formula is C27H23F2N7O3S2. The lowest BCUT2D eigenvalue weighted by Gasteiger charge is -2.13. The van der Waals surface area contributed by atoms with Crippen molar-refractivity contribution >= 4 is 49.8 Å². The summed E-state index contributed by atoms with van der Waals surface area (Å²) in [4.78, 5) is 27.2. The van der Waals surface area contributed by atoms with Gasteiger partial charge in [0, 0.05) is 27.9 Å². The first-order chi connectivity index (χ1) is 19.6. The van der Waals surface area contributed by atoms with Gasteiger partial charge in [-0.1, -0.05) is 12.1 Å². The predicted molar refractivity (Wildman–Crippen MR) is 153 cm³/mol. The quantitative estimate of drug-likeness (QED) is 0.199. The van der Waals surface area contributed by atoms with E-state index in [1.54, 1.807) is 0 Å². The standard InChI is InChI=1S/C27H23F2N7O3S2/c1-31-41(38,39)18-10-20(27(37)34-11-15-2-5-21(28)22(29)8-15)26(33-13-18)32-12-17-4-7-24(40-17)16-3-6-23-19(9-16)25(30)36-14-35-23/h2-10,13-14,31H,11-12H2,1H3,(H,32,33)(H,34,37)(H2,30,35,36). The van der Waals surface area contributed by atoms with Crippen molar-refractivity contribution in [2.45, 2.75) is 18.0 Å². The van der Waals surface area contributed by atoms with E-state index in [0.29, 0.717) is 11.4 Å². The van der Waals surface area contributed by atoms with E-state index < -0.39 is 27.6 Å². The topological polar surface area (TPSA) is 152 Å². The van der Waals surface area contributed by atoms with Crippen LogP contribution in [0.25, 0.3) is 21.3 Å². The van der Waals surface area contributed by atoms with Gasteiger partial charge in [-0.15, -0.1) is 11.3 Å². The molecule has 0 atom stereocenters. The van der Waals surface area contributed by atoms with Crippen molar-refractivity contribution in [3.05, 3.63) is 94.8 Å². The molecule has 0 aliphatic carbocycles. The summed E-state index contributed by atoms with van der Waals surface area (Å²) >= 11 is 1.51. The van der Waals surface area contributed by atoms with Crippen LogP contribution in [0.3, 0.4) is 0 Å². The molecule has 0 unspecified atom stereocenters. The van der Waals surface area contributed by atoms with Crippen molar-refractivity contribution in [3.8, 4) is 10.4 Å². The number of nitrogens with zero attached hydrogens (tertiary/aromatic N) is 3. The molecule has 2 aromatic carbocycles. The molecule has 5 aromatic rings. The Hall–Kier alpha value is -4.53. The Bertz CT molecular complexity index is 1880. The SMILES string of the molecule is CNS(=O)(=O)c1cnc(NCc2ccc(-c3ccc4ncnc(N)c4c3)s2)c(C(=O)NCc2ccc(F)c(F)c2)c1. The first-order valence-corrected chi connectivity index (χ1v) is 14.4. The van der Waals surface area contributed by atoms with E-state index in [0.717, 1.165) is 44.6 Å². The van der Waals surface area contributed by atoms with Crippen molar-refractivity contribution in [1.82, 2.24) is 25.0 Å². The van der Waals surface area contributed by atoms with E-state index in [1.807, 2.05) is 30.3 Å². The number of pyridine rings is 1. The second-order valence-corrected chi connectivity index (χ2v) is 11.9. The minimum Gasteiger partial charge on any atom is -0.383 e. The fraction of sp³-hybridized carbons (Fsp3) is 0.111. The number of anilines is 2. The van der Waals surface area contributed by atoms with E-state index in [-0.39, 0.29) is 29.4 Å². The van der Waals surface area contributed by atoms with Crippen molar-refractivity contribution < 1.29 is 22.0 Å². The molecule has 41 heavy (non-hydrogen) atoms. The summed E-state index contributed by atoms with van der Waals surface area (Å²) in [6.07, 6.45) is 2.56. The van der Waals surface area contributed by atoms with E-state index >= 15 is 0 Å². The van der Waals surface area contributed by atoms with Gasteiger partial charge in [0.2, 0.25) is 10.0 Å². The summed E-state index contributed by atoms with van der Waals surface area (Å²) in [5.74, 6) is -2.16. The van der Waals surface area contributed by atoms with Gasteiger partial charge >= 0.3 is 0 Å². The minimum atomic E-state index is -3.89. The van der Waals surface area contributed by atoms with Crippen molar-refractivity contribution in [2.24, 2.45) is 0 Å². The Morgan fingerprint density at radius 1 is 0.976 bits per heavy atom. The number of rotatable bonds is 9. The molecule has 0 radical (unpaired) electrons. The van der Waals surface area contributed by atoms with Gasteiger partial charge in [0.05, 0.1) is 17.6 Å². The van der Waals surface area contributed by atoms with Crippen LogP contribution in [0.2, 0.25) is 0 Å². The summed E-state index contributed by atoms with van der Waals surface area (Å²) in [6, 6.07) is 14.1. The Kier molecular flexibility index (Phi) is 7.88. The lowest BCUT2D eigenvalue weighted by molar-refractivity contribution is 0.0951. The summed E-state index contributed by atoms with van der Waals surface area (Å²) in [6.45, 7) is 0.173. The van der Waals surface area contributed by atoms with Crippen LogP contribution in [0.15, 0.2) is 72.0 Å². The average molecular weight is 596 g/mol. The lowest BCUT2D eigenvalue weighted by atomic mass is 10.1. The number of hydrogen-bond donors (Lipinski definition) is 4. The normalized spacial score (nSPS) is 11.5. The van der Waals surface area contributed by atoms with Gasteiger partial charge < -0.3 is 16.4 Å². The van der Waals surface area contributed by atoms with Gasteiger partial charge in [-0.05, 0) is 60.6 Å². The van der Waals surface area contributed by atoms with Crippen LogP contribution >= 0.6 is 11.3 Å². The molecule has 0 fully saturated rings. The zero-order valence-electron chi connectivity index (χ0n) is 21.5. The number of carbonyl (C=O) groups excluding carboxylic acids is 1. The Morgan fingerprint density at radius 3 is 2.59 bits per heavy atom. The van der Waals surface area contributed by atoms with Gasteiger partial charge in [-0.25, -0.2) is 36.9 Å². The number of amides is 1. The molecule has 0 aliphatic rings. The highest BCUT2D eigenvalue weighted by Gasteiger charge is 2.20. The number of sulfonamides is 1. The number of benzene rings is 2. The summed E-state index contributed by atoms with van der Waals surface area (Å²) < 4.78 is 53.8. The number of halogens is 2.